The zero-order chi connectivity index (χ0) is 8.78. The van der Waals surface area contributed by atoms with E-state index < -0.39 is 12.6 Å². The molecule has 0 saturated carbocycles. The molecule has 64 valence electrons. The van der Waals surface area contributed by atoms with Crippen LogP contribution in [0.4, 0.5) is 22.0 Å². The van der Waals surface area contributed by atoms with Crippen LogP contribution in [0.3, 0.4) is 0 Å². The maximum absolute atomic E-state index is 10.4. The Morgan fingerprint density at radius 2 is 1.40 bits per heavy atom. The van der Waals surface area contributed by atoms with Crippen molar-refractivity contribution in [1.29, 1.82) is 0 Å². The van der Waals surface area contributed by atoms with Crippen LogP contribution < -0.4 is 0 Å². The second-order valence-corrected chi connectivity index (χ2v) is 1.31. The van der Waals surface area contributed by atoms with Crippen LogP contribution in [0.2, 0.25) is 0 Å². The fourth-order valence-electron chi connectivity index (χ4n) is 0. The second-order valence-electron chi connectivity index (χ2n) is 0.997. The van der Waals surface area contributed by atoms with Gasteiger partial charge in [-0.3, -0.25) is 4.29 Å². The summed E-state index contributed by atoms with van der Waals surface area (Å²) in [5, 5.41) is 0. The van der Waals surface area contributed by atoms with Crippen LogP contribution in [0.5, 0.6) is 0 Å². The summed E-state index contributed by atoms with van der Waals surface area (Å²) < 4.78 is 55.8. The van der Waals surface area contributed by atoms with Crippen LogP contribution in [-0.4, -0.2) is 19.7 Å². The Balaban J connectivity index is 0. The first-order valence-electron chi connectivity index (χ1n) is 1.85. The van der Waals surface area contributed by atoms with E-state index in [1.165, 1.54) is 7.11 Å². The Labute approximate surface area is 58.9 Å². The monoisotopic (exact) mass is 186 g/mol. The van der Waals surface area contributed by atoms with Gasteiger partial charge < -0.3 is 0 Å². The summed E-state index contributed by atoms with van der Waals surface area (Å²) in [6, 6.07) is 0. The molecule has 0 N–H and O–H groups in total. The Hall–Kier alpha value is -0.100. The van der Waals surface area contributed by atoms with Crippen LogP contribution in [0.15, 0.2) is 0 Å². The van der Waals surface area contributed by atoms with Gasteiger partial charge in [0, 0.05) is 0 Å². The molecule has 0 unspecified atom stereocenters. The molecule has 0 aliphatic heterocycles. The van der Waals surface area contributed by atoms with Gasteiger partial charge in [0.05, 0.1) is 19.0 Å². The fourth-order valence-corrected chi connectivity index (χ4v) is 0. The lowest BCUT2D eigenvalue weighted by Gasteiger charge is -2.00. The first kappa shape index (κ1) is 12.6. The molecular weight excluding hydrogens is 182 g/mol. The third-order valence-corrected chi connectivity index (χ3v) is 0.247. The topological polar surface area (TPSA) is 9.23 Å². The minimum absolute atomic E-state index is 1.39. The molecule has 0 rings (SSSR count). The van der Waals surface area contributed by atoms with Crippen molar-refractivity contribution >= 4 is 11.9 Å². The highest BCUT2D eigenvalue weighted by molar-refractivity contribution is 6.07. The summed E-state index contributed by atoms with van der Waals surface area (Å²) in [5.74, 6) is 0. The summed E-state index contributed by atoms with van der Waals surface area (Å²) in [7, 11) is 1.39. The van der Waals surface area contributed by atoms with Crippen molar-refractivity contribution in [3.05, 3.63) is 0 Å². The van der Waals surface area contributed by atoms with Gasteiger partial charge >= 0.3 is 12.6 Å². The smallest absolute Gasteiger partial charge is 0.283 e. The highest BCUT2D eigenvalue weighted by Crippen LogP contribution is 2.22. The summed E-state index contributed by atoms with van der Waals surface area (Å²) in [5.41, 5.74) is 0. The molecule has 0 aliphatic carbocycles. The zero-order valence-corrected chi connectivity index (χ0v) is 5.51. The lowest BCUT2D eigenvalue weighted by atomic mass is 10.7. The highest BCUT2D eigenvalue weighted by atomic mass is 35.5. The number of hydrogen-bond acceptors (Lipinski definition) is 1. The Morgan fingerprint density at radius 3 is 1.40 bits per heavy atom. The van der Waals surface area contributed by atoms with E-state index >= 15 is 0 Å². The quantitative estimate of drug-likeness (QED) is 0.529. The molecule has 0 atom stereocenters. The Bertz CT molecular complexity index is 71.8. The van der Waals surface area contributed by atoms with Gasteiger partial charge in [-0.1, -0.05) is 0 Å². The molecular formula is C3H4ClF5O. The van der Waals surface area contributed by atoms with E-state index in [2.05, 4.69) is 16.2 Å². The molecule has 0 aliphatic rings. The van der Waals surface area contributed by atoms with Crippen LogP contribution in [0, 0.1) is 0 Å². The van der Waals surface area contributed by atoms with Gasteiger partial charge in [-0.25, -0.2) is 8.78 Å². The fraction of sp³-hybridized carbons (Fsp3) is 1.00. The van der Waals surface area contributed by atoms with Crippen LogP contribution in [0.1, 0.15) is 0 Å². The average molecular weight is 187 g/mol. The van der Waals surface area contributed by atoms with Crippen molar-refractivity contribution in [2.45, 2.75) is 12.6 Å². The van der Waals surface area contributed by atoms with E-state index in [9.17, 15) is 22.0 Å². The molecule has 0 bridgehead atoms. The predicted molar refractivity (Wildman–Crippen MR) is 24.9 cm³/mol. The lowest BCUT2D eigenvalue weighted by Crippen LogP contribution is -2.18. The standard InChI is InChI=1S/C2HF5.CH3ClO/c3-1(4)2(5,6)7;1-3-2/h1H;1H3. The maximum Gasteiger partial charge on any atom is 0.450 e. The Morgan fingerprint density at radius 1 is 1.30 bits per heavy atom. The molecule has 0 amide bonds. The lowest BCUT2D eigenvalue weighted by molar-refractivity contribution is -0.219. The summed E-state index contributed by atoms with van der Waals surface area (Å²) in [6.45, 7) is 0. The Kier molecular flexibility index (Phi) is 7.12. The molecule has 0 radical (unpaired) electrons. The van der Waals surface area contributed by atoms with Gasteiger partial charge in [-0.15, -0.1) is 0 Å². The normalized spacial score (nSPS) is 10.8. The third kappa shape index (κ3) is 10.8. The van der Waals surface area contributed by atoms with Crippen LogP contribution in [-0.2, 0) is 4.29 Å². The maximum atomic E-state index is 10.4. The van der Waals surface area contributed by atoms with Gasteiger partial charge in [-0.05, 0) is 0 Å². The molecule has 0 fully saturated rings. The number of alkyl halides is 5. The van der Waals surface area contributed by atoms with E-state index in [0.717, 1.165) is 0 Å². The highest BCUT2D eigenvalue weighted by Gasteiger charge is 2.40. The average Bonchev–Trinajstić information content (AvgIpc) is 1.64. The van der Waals surface area contributed by atoms with E-state index in [1.807, 2.05) is 0 Å². The van der Waals surface area contributed by atoms with E-state index in [1.54, 1.807) is 0 Å². The van der Waals surface area contributed by atoms with Crippen LogP contribution >= 0.6 is 11.9 Å². The van der Waals surface area contributed by atoms with Crippen molar-refractivity contribution in [3.63, 3.8) is 0 Å². The van der Waals surface area contributed by atoms with Gasteiger partial charge in [0.2, 0.25) is 0 Å². The minimum atomic E-state index is -5.33. The molecule has 7 heteroatoms. The molecule has 10 heavy (non-hydrogen) atoms. The zero-order valence-electron chi connectivity index (χ0n) is 4.75. The van der Waals surface area contributed by atoms with Crippen molar-refractivity contribution in [3.8, 4) is 0 Å². The first-order valence-corrected chi connectivity index (χ1v) is 2.16. The van der Waals surface area contributed by atoms with E-state index in [4.69, 9.17) is 0 Å². The van der Waals surface area contributed by atoms with Gasteiger partial charge in [0.1, 0.15) is 0 Å². The summed E-state index contributed by atoms with van der Waals surface area (Å²) in [4.78, 5) is 0. The number of rotatable bonds is 0. The molecule has 1 nitrogen and oxygen atoms in total. The van der Waals surface area contributed by atoms with Crippen molar-refractivity contribution in [2.75, 3.05) is 7.11 Å². The van der Waals surface area contributed by atoms with Gasteiger partial charge in [0.25, 0.3) is 0 Å². The van der Waals surface area contributed by atoms with Gasteiger partial charge in [-0.2, -0.15) is 13.2 Å². The summed E-state index contributed by atoms with van der Waals surface area (Å²) in [6.07, 6.45) is -9.53. The SMILES string of the molecule is COCl.FC(F)C(F)(F)F. The number of halogens is 6. The van der Waals surface area contributed by atoms with Crippen LogP contribution in [0.25, 0.3) is 0 Å². The minimum Gasteiger partial charge on any atom is -0.283 e. The predicted octanol–water partition coefficient (Wildman–Crippen LogP) is 2.60. The third-order valence-electron chi connectivity index (χ3n) is 0.247. The second kappa shape index (κ2) is 5.67. The van der Waals surface area contributed by atoms with Crippen molar-refractivity contribution in [2.24, 2.45) is 0 Å². The van der Waals surface area contributed by atoms with E-state index in [0.29, 0.717) is 0 Å². The molecule has 0 aromatic rings. The molecule has 0 spiro atoms. The van der Waals surface area contributed by atoms with Gasteiger partial charge in [0.15, 0.2) is 0 Å². The first-order chi connectivity index (χ1) is 4.36. The van der Waals surface area contributed by atoms with Crippen molar-refractivity contribution < 1.29 is 26.2 Å². The molecule has 0 heterocycles. The van der Waals surface area contributed by atoms with E-state index in [-0.39, 0.29) is 0 Å². The summed E-state index contributed by atoms with van der Waals surface area (Å²) >= 11 is 4.50. The molecule has 0 aromatic heterocycles. The number of hydrogen-bond donors (Lipinski definition) is 0. The molecule has 0 saturated heterocycles. The largest absolute Gasteiger partial charge is 0.450 e. The molecule has 0 aromatic carbocycles. The van der Waals surface area contributed by atoms with Crippen molar-refractivity contribution in [1.82, 2.24) is 0 Å².